The molecule has 0 unspecified atom stereocenters. The van der Waals surface area contributed by atoms with Crippen molar-refractivity contribution >= 4 is 45.8 Å². The van der Waals surface area contributed by atoms with Crippen LogP contribution in [0.2, 0.25) is 10.0 Å². The minimum Gasteiger partial charge on any atom is -0.497 e. The molecule has 1 amide bonds. The normalized spacial score (nSPS) is 10.8. The first-order valence-electron chi connectivity index (χ1n) is 9.95. The van der Waals surface area contributed by atoms with E-state index < -0.39 is 17.9 Å². The number of carbonyl (C=O) groups is 1. The third-order valence-electron chi connectivity index (χ3n) is 4.90. The molecule has 1 heterocycles. The van der Waals surface area contributed by atoms with Crippen LogP contribution in [0.5, 0.6) is 11.5 Å². The van der Waals surface area contributed by atoms with Crippen molar-refractivity contribution in [3.63, 3.8) is 0 Å². The summed E-state index contributed by atoms with van der Waals surface area (Å²) in [4.78, 5) is 25.8. The summed E-state index contributed by atoms with van der Waals surface area (Å²) < 4.78 is 16.8. The number of hydrogen-bond acceptors (Lipinski definition) is 5. The lowest BCUT2D eigenvalue weighted by Crippen LogP contribution is -2.22. The Bertz CT molecular complexity index is 1380. The second-order valence-corrected chi connectivity index (χ2v) is 8.13. The fraction of sp³-hybridized carbons (Fsp3) is 0.120. The molecule has 33 heavy (non-hydrogen) atoms. The lowest BCUT2D eigenvalue weighted by molar-refractivity contribution is -0.118. The summed E-state index contributed by atoms with van der Waals surface area (Å²) in [7, 11) is 1.56. The zero-order valence-corrected chi connectivity index (χ0v) is 19.3. The first-order valence-corrected chi connectivity index (χ1v) is 10.7. The molecule has 168 valence electrons. The zero-order valence-electron chi connectivity index (χ0n) is 17.8. The van der Waals surface area contributed by atoms with E-state index in [9.17, 15) is 9.59 Å². The largest absolute Gasteiger partial charge is 0.497 e. The Kier molecular flexibility index (Phi) is 6.58. The van der Waals surface area contributed by atoms with Gasteiger partial charge in [0.25, 0.3) is 5.91 Å². The maximum atomic E-state index is 13.3. The number of anilines is 1. The molecule has 4 rings (SSSR count). The van der Waals surface area contributed by atoms with Gasteiger partial charge in [0.05, 0.1) is 17.5 Å². The van der Waals surface area contributed by atoms with E-state index in [2.05, 4.69) is 5.32 Å². The predicted octanol–water partition coefficient (Wildman–Crippen LogP) is 6.10. The lowest BCUT2D eigenvalue weighted by Gasteiger charge is -2.13. The van der Waals surface area contributed by atoms with Gasteiger partial charge in [-0.25, -0.2) is 0 Å². The Morgan fingerprint density at radius 3 is 2.39 bits per heavy atom. The summed E-state index contributed by atoms with van der Waals surface area (Å²) in [5.74, 6) is 0.292. The van der Waals surface area contributed by atoms with Gasteiger partial charge in [-0.15, -0.1) is 0 Å². The van der Waals surface area contributed by atoms with Crippen LogP contribution in [0.3, 0.4) is 0 Å². The molecule has 0 radical (unpaired) electrons. The number of ether oxygens (including phenoxy) is 2. The van der Waals surface area contributed by atoms with Crippen molar-refractivity contribution in [1.82, 2.24) is 0 Å². The van der Waals surface area contributed by atoms with Crippen molar-refractivity contribution in [1.29, 1.82) is 0 Å². The molecule has 0 aliphatic heterocycles. The summed E-state index contributed by atoms with van der Waals surface area (Å²) in [6.07, 6.45) is 0. The highest BCUT2D eigenvalue weighted by Crippen LogP contribution is 2.35. The molecule has 0 saturated carbocycles. The van der Waals surface area contributed by atoms with E-state index >= 15 is 0 Å². The highest BCUT2D eigenvalue weighted by Gasteiger charge is 2.21. The van der Waals surface area contributed by atoms with Crippen LogP contribution in [-0.2, 0) is 4.79 Å². The molecule has 0 spiro atoms. The molecule has 1 N–H and O–H groups in total. The quantitative estimate of drug-likeness (QED) is 0.358. The Labute approximate surface area is 199 Å². The van der Waals surface area contributed by atoms with Crippen molar-refractivity contribution in [2.24, 2.45) is 0 Å². The molecule has 1 aromatic heterocycles. The van der Waals surface area contributed by atoms with Crippen LogP contribution in [0.1, 0.15) is 5.56 Å². The fourth-order valence-corrected chi connectivity index (χ4v) is 3.77. The van der Waals surface area contributed by atoms with Crippen molar-refractivity contribution in [2.75, 3.05) is 19.0 Å². The van der Waals surface area contributed by atoms with Crippen molar-refractivity contribution in [3.8, 4) is 22.8 Å². The third kappa shape index (κ3) is 4.97. The van der Waals surface area contributed by atoms with Crippen molar-refractivity contribution in [2.45, 2.75) is 6.92 Å². The van der Waals surface area contributed by atoms with E-state index in [1.165, 1.54) is 12.1 Å². The van der Waals surface area contributed by atoms with E-state index in [0.717, 1.165) is 5.56 Å². The second-order valence-electron chi connectivity index (χ2n) is 7.29. The van der Waals surface area contributed by atoms with Gasteiger partial charge >= 0.3 is 0 Å². The molecule has 6 nitrogen and oxygen atoms in total. The molecule has 0 bridgehead atoms. The highest BCUT2D eigenvalue weighted by molar-refractivity contribution is 6.38. The van der Waals surface area contributed by atoms with Gasteiger partial charge in [-0.05, 0) is 43.3 Å². The first-order chi connectivity index (χ1) is 15.9. The SMILES string of the molecule is COc1ccc(NC(=O)COc2c(-c3ccc(C)cc3)oc3c(Cl)cc(Cl)cc3c2=O)cc1. The fourth-order valence-electron chi connectivity index (χ4n) is 3.24. The van der Waals surface area contributed by atoms with E-state index in [1.54, 1.807) is 43.5 Å². The van der Waals surface area contributed by atoms with E-state index in [1.807, 2.05) is 19.1 Å². The Morgan fingerprint density at radius 1 is 1.03 bits per heavy atom. The molecule has 8 heteroatoms. The number of carbonyl (C=O) groups excluding carboxylic acids is 1. The summed E-state index contributed by atoms with van der Waals surface area (Å²) in [5.41, 5.74) is 1.92. The standard InChI is InChI=1S/C25H19Cl2NO5/c1-14-3-5-15(6-4-14)23-25(22(30)19-11-16(26)12-20(27)24(19)33-23)32-13-21(29)28-17-7-9-18(31-2)10-8-17/h3-12H,13H2,1-2H3,(H,28,29). The first kappa shape index (κ1) is 22.7. The number of hydrogen-bond donors (Lipinski definition) is 1. The Hall–Kier alpha value is -3.48. The molecule has 3 aromatic carbocycles. The number of fused-ring (bicyclic) bond motifs is 1. The van der Waals surface area contributed by atoms with Crippen LogP contribution < -0.4 is 20.2 Å². The molecule has 0 fully saturated rings. The Morgan fingerprint density at radius 2 is 1.73 bits per heavy atom. The van der Waals surface area contributed by atoms with Crippen LogP contribution in [0.15, 0.2) is 69.9 Å². The van der Waals surface area contributed by atoms with Gasteiger partial charge in [0, 0.05) is 16.3 Å². The topological polar surface area (TPSA) is 77.8 Å². The Balaban J connectivity index is 1.69. The van der Waals surface area contributed by atoms with Crippen molar-refractivity contribution < 1.29 is 18.7 Å². The summed E-state index contributed by atoms with van der Waals surface area (Å²) in [6.45, 7) is 1.54. The highest BCUT2D eigenvalue weighted by atomic mass is 35.5. The van der Waals surface area contributed by atoms with Crippen LogP contribution in [-0.4, -0.2) is 19.6 Å². The van der Waals surface area contributed by atoms with Gasteiger partial charge in [-0.2, -0.15) is 0 Å². The summed E-state index contributed by atoms with van der Waals surface area (Å²) in [6, 6.07) is 17.1. The van der Waals surface area contributed by atoms with Gasteiger partial charge in [-0.3, -0.25) is 9.59 Å². The summed E-state index contributed by atoms with van der Waals surface area (Å²) >= 11 is 12.4. The summed E-state index contributed by atoms with van der Waals surface area (Å²) in [5, 5.41) is 3.36. The van der Waals surface area contributed by atoms with Crippen LogP contribution in [0.4, 0.5) is 5.69 Å². The predicted molar refractivity (Wildman–Crippen MR) is 130 cm³/mol. The van der Waals surface area contributed by atoms with Crippen LogP contribution in [0.25, 0.3) is 22.3 Å². The van der Waals surface area contributed by atoms with Gasteiger partial charge in [0.1, 0.15) is 5.75 Å². The maximum Gasteiger partial charge on any atom is 0.262 e. The molecular weight excluding hydrogens is 465 g/mol. The average molecular weight is 484 g/mol. The number of rotatable bonds is 6. The minimum absolute atomic E-state index is 0.102. The number of nitrogens with one attached hydrogen (secondary N) is 1. The van der Waals surface area contributed by atoms with Gasteiger partial charge in [-0.1, -0.05) is 53.0 Å². The zero-order chi connectivity index (χ0) is 23.5. The van der Waals surface area contributed by atoms with Gasteiger partial charge in [0.15, 0.2) is 18.0 Å². The molecule has 0 aliphatic carbocycles. The monoisotopic (exact) mass is 483 g/mol. The van der Waals surface area contributed by atoms with Crippen molar-refractivity contribution in [3.05, 3.63) is 86.5 Å². The van der Waals surface area contributed by atoms with Gasteiger partial charge in [0.2, 0.25) is 11.2 Å². The van der Waals surface area contributed by atoms with Crippen LogP contribution >= 0.6 is 23.2 Å². The van der Waals surface area contributed by atoms with E-state index in [0.29, 0.717) is 17.0 Å². The minimum atomic E-state index is -0.478. The number of amides is 1. The number of benzene rings is 3. The lowest BCUT2D eigenvalue weighted by atomic mass is 10.1. The molecule has 4 aromatic rings. The van der Waals surface area contributed by atoms with E-state index in [4.69, 9.17) is 37.1 Å². The molecule has 0 atom stereocenters. The molecular formula is C25H19Cl2NO5. The maximum absolute atomic E-state index is 13.3. The second kappa shape index (κ2) is 9.57. The van der Waals surface area contributed by atoms with Gasteiger partial charge < -0.3 is 19.2 Å². The van der Waals surface area contributed by atoms with E-state index in [-0.39, 0.29) is 32.5 Å². The number of halogens is 2. The number of aryl methyl sites for hydroxylation is 1. The molecule has 0 aliphatic rings. The smallest absolute Gasteiger partial charge is 0.262 e. The average Bonchev–Trinajstić information content (AvgIpc) is 2.80. The van der Waals surface area contributed by atoms with Crippen LogP contribution in [0, 0.1) is 6.92 Å². The third-order valence-corrected chi connectivity index (χ3v) is 5.40. The molecule has 0 saturated heterocycles. The number of methoxy groups -OCH3 is 1.